The highest BCUT2D eigenvalue weighted by molar-refractivity contribution is 5.87. The number of alkyl carbamates (subject to hydrolysis) is 1. The van der Waals surface area contributed by atoms with Crippen LogP contribution in [0.5, 0.6) is 0 Å². The number of H-pyrrole nitrogens is 1. The molecule has 0 unspecified atom stereocenters. The van der Waals surface area contributed by atoms with Gasteiger partial charge in [0, 0.05) is 18.0 Å². The minimum absolute atomic E-state index is 0.0358. The predicted octanol–water partition coefficient (Wildman–Crippen LogP) is 4.10. The molecule has 3 atom stereocenters. The standard InChI is InChI=1S/C26H31FN6O3/c1-16(22(28-25(35)36-26(2,3)4)24(34)33-13-12-21(27)15-33)17-8-10-18(11-9-17)19-6-5-7-20(14-19)23-29-31-32-30-23/h5-11,14,16,21-22H,12-13,15H2,1-4H3,(H,28,35)(H,29,30,31,32)/t16-,21-,22-/m0/s1. The highest BCUT2D eigenvalue weighted by Crippen LogP contribution is 2.28. The van der Waals surface area contributed by atoms with E-state index in [1.54, 1.807) is 20.8 Å². The Labute approximate surface area is 209 Å². The van der Waals surface area contributed by atoms with Crippen LogP contribution in [0.3, 0.4) is 0 Å². The maximum absolute atomic E-state index is 13.8. The maximum atomic E-state index is 13.8. The average molecular weight is 495 g/mol. The van der Waals surface area contributed by atoms with E-state index < -0.39 is 23.9 Å². The second kappa shape index (κ2) is 10.4. The number of rotatable bonds is 6. The van der Waals surface area contributed by atoms with Crippen LogP contribution in [0.15, 0.2) is 48.5 Å². The number of hydrogen-bond donors (Lipinski definition) is 2. The first-order valence-electron chi connectivity index (χ1n) is 12.0. The number of nitrogens with one attached hydrogen (secondary N) is 2. The summed E-state index contributed by atoms with van der Waals surface area (Å²) in [6, 6.07) is 14.7. The van der Waals surface area contributed by atoms with Crippen molar-refractivity contribution in [3.05, 3.63) is 54.1 Å². The zero-order valence-electron chi connectivity index (χ0n) is 20.9. The van der Waals surface area contributed by atoms with Crippen LogP contribution in [0.25, 0.3) is 22.5 Å². The summed E-state index contributed by atoms with van der Waals surface area (Å²) >= 11 is 0. The van der Waals surface area contributed by atoms with Crippen LogP contribution in [0, 0.1) is 0 Å². The molecule has 2 heterocycles. The fraction of sp³-hybridized carbons (Fsp3) is 0.423. The summed E-state index contributed by atoms with van der Waals surface area (Å²) in [5.41, 5.74) is 2.96. The quantitative estimate of drug-likeness (QED) is 0.533. The Kier molecular flexibility index (Phi) is 7.32. The largest absolute Gasteiger partial charge is 0.444 e. The van der Waals surface area contributed by atoms with Crippen molar-refractivity contribution in [2.24, 2.45) is 0 Å². The van der Waals surface area contributed by atoms with Crippen LogP contribution in [0.1, 0.15) is 45.6 Å². The van der Waals surface area contributed by atoms with E-state index >= 15 is 0 Å². The van der Waals surface area contributed by atoms with E-state index in [1.807, 2.05) is 55.5 Å². The zero-order chi connectivity index (χ0) is 25.9. The first-order valence-corrected chi connectivity index (χ1v) is 12.0. The molecule has 10 heteroatoms. The lowest BCUT2D eigenvalue weighted by Gasteiger charge is -2.30. The van der Waals surface area contributed by atoms with Crippen LogP contribution in [0.4, 0.5) is 9.18 Å². The lowest BCUT2D eigenvalue weighted by atomic mass is 9.90. The zero-order valence-corrected chi connectivity index (χ0v) is 20.9. The molecule has 190 valence electrons. The number of aromatic amines is 1. The van der Waals surface area contributed by atoms with E-state index in [0.717, 1.165) is 22.3 Å². The summed E-state index contributed by atoms with van der Waals surface area (Å²) in [5.74, 6) is -0.107. The Morgan fingerprint density at radius 3 is 2.47 bits per heavy atom. The highest BCUT2D eigenvalue weighted by Gasteiger charge is 2.36. The number of hydrogen-bond acceptors (Lipinski definition) is 6. The number of alkyl halides is 1. The van der Waals surface area contributed by atoms with Gasteiger partial charge in [0.25, 0.3) is 0 Å². The van der Waals surface area contributed by atoms with E-state index in [1.165, 1.54) is 4.90 Å². The lowest BCUT2D eigenvalue weighted by molar-refractivity contribution is -0.133. The molecule has 0 spiro atoms. The Hall–Kier alpha value is -3.82. The van der Waals surface area contributed by atoms with Gasteiger partial charge in [-0.15, -0.1) is 5.10 Å². The molecule has 2 aromatic carbocycles. The van der Waals surface area contributed by atoms with Crippen LogP contribution < -0.4 is 5.32 Å². The van der Waals surface area contributed by atoms with E-state index in [4.69, 9.17) is 4.74 Å². The molecule has 1 aliphatic heterocycles. The molecule has 0 saturated carbocycles. The number of benzene rings is 2. The van der Waals surface area contributed by atoms with Crippen molar-refractivity contribution in [1.82, 2.24) is 30.8 Å². The molecular weight excluding hydrogens is 463 g/mol. The van der Waals surface area contributed by atoms with Gasteiger partial charge < -0.3 is 15.0 Å². The SMILES string of the molecule is C[C@@H](c1ccc(-c2cccc(-c3nnn[nH]3)c2)cc1)[C@H](NC(=O)OC(C)(C)C)C(=O)N1CC[C@H](F)C1. The van der Waals surface area contributed by atoms with E-state index in [-0.39, 0.29) is 18.4 Å². The van der Waals surface area contributed by atoms with Crippen molar-refractivity contribution >= 4 is 12.0 Å². The Balaban J connectivity index is 1.55. The second-order valence-electron chi connectivity index (χ2n) is 10.0. The summed E-state index contributed by atoms with van der Waals surface area (Å²) in [7, 11) is 0. The normalized spacial score (nSPS) is 17.5. The second-order valence-corrected chi connectivity index (χ2v) is 10.0. The van der Waals surface area contributed by atoms with Crippen molar-refractivity contribution < 1.29 is 18.7 Å². The molecule has 0 bridgehead atoms. The monoisotopic (exact) mass is 494 g/mol. The van der Waals surface area contributed by atoms with Crippen LogP contribution in [-0.2, 0) is 9.53 Å². The van der Waals surface area contributed by atoms with Crippen molar-refractivity contribution in [2.75, 3.05) is 13.1 Å². The van der Waals surface area contributed by atoms with E-state index in [9.17, 15) is 14.0 Å². The molecular formula is C26H31FN6O3. The molecule has 1 saturated heterocycles. The smallest absolute Gasteiger partial charge is 0.408 e. The number of tetrazole rings is 1. The van der Waals surface area contributed by atoms with Gasteiger partial charge in [-0.2, -0.15) is 0 Å². The van der Waals surface area contributed by atoms with Crippen molar-refractivity contribution in [3.8, 4) is 22.5 Å². The first-order chi connectivity index (χ1) is 17.1. The van der Waals surface area contributed by atoms with Gasteiger partial charge in [-0.25, -0.2) is 14.3 Å². The molecule has 0 radical (unpaired) electrons. The molecule has 4 rings (SSSR count). The summed E-state index contributed by atoms with van der Waals surface area (Å²) in [6.45, 7) is 7.51. The lowest BCUT2D eigenvalue weighted by Crippen LogP contribution is -2.51. The fourth-order valence-corrected chi connectivity index (χ4v) is 4.25. The minimum atomic E-state index is -1.05. The third-order valence-corrected chi connectivity index (χ3v) is 6.13. The Bertz CT molecular complexity index is 1190. The third-order valence-electron chi connectivity index (χ3n) is 6.13. The van der Waals surface area contributed by atoms with Crippen LogP contribution in [-0.4, -0.2) is 68.4 Å². The maximum Gasteiger partial charge on any atom is 0.408 e. The number of carbonyl (C=O) groups is 2. The van der Waals surface area contributed by atoms with Gasteiger partial charge in [-0.1, -0.05) is 49.4 Å². The van der Waals surface area contributed by atoms with Gasteiger partial charge in [0.05, 0.1) is 6.54 Å². The molecule has 36 heavy (non-hydrogen) atoms. The van der Waals surface area contributed by atoms with Gasteiger partial charge in [0.2, 0.25) is 5.91 Å². The van der Waals surface area contributed by atoms with E-state index in [2.05, 4.69) is 25.9 Å². The van der Waals surface area contributed by atoms with Crippen LogP contribution in [0.2, 0.25) is 0 Å². The van der Waals surface area contributed by atoms with Gasteiger partial charge in [0.1, 0.15) is 17.8 Å². The first kappa shape index (κ1) is 25.3. The third kappa shape index (κ3) is 6.05. The van der Waals surface area contributed by atoms with Gasteiger partial charge in [0.15, 0.2) is 5.82 Å². The van der Waals surface area contributed by atoms with Crippen molar-refractivity contribution in [1.29, 1.82) is 0 Å². The van der Waals surface area contributed by atoms with E-state index in [0.29, 0.717) is 18.8 Å². The topological polar surface area (TPSA) is 113 Å². The number of likely N-dealkylation sites (tertiary alicyclic amines) is 1. The fourth-order valence-electron chi connectivity index (χ4n) is 4.25. The molecule has 3 aromatic rings. The number of nitrogens with zero attached hydrogens (tertiary/aromatic N) is 4. The number of amides is 2. The summed E-state index contributed by atoms with van der Waals surface area (Å²) < 4.78 is 19.2. The molecule has 9 nitrogen and oxygen atoms in total. The molecule has 1 fully saturated rings. The van der Waals surface area contributed by atoms with Gasteiger partial charge in [-0.05, 0) is 60.4 Å². The summed E-state index contributed by atoms with van der Waals surface area (Å²) in [4.78, 5) is 27.4. The number of ether oxygens (including phenoxy) is 1. The summed E-state index contributed by atoms with van der Waals surface area (Å²) in [5, 5.41) is 16.7. The summed E-state index contributed by atoms with van der Waals surface area (Å²) in [6.07, 6.45) is -1.43. The number of aromatic nitrogens is 4. The minimum Gasteiger partial charge on any atom is -0.444 e. The molecule has 2 N–H and O–H groups in total. The van der Waals surface area contributed by atoms with Crippen molar-refractivity contribution in [2.45, 2.75) is 57.8 Å². The highest BCUT2D eigenvalue weighted by atomic mass is 19.1. The van der Waals surface area contributed by atoms with Crippen LogP contribution >= 0.6 is 0 Å². The van der Waals surface area contributed by atoms with Gasteiger partial charge in [-0.3, -0.25) is 4.79 Å². The van der Waals surface area contributed by atoms with Crippen molar-refractivity contribution in [3.63, 3.8) is 0 Å². The molecule has 1 aliphatic rings. The molecule has 0 aliphatic carbocycles. The molecule has 2 amide bonds. The number of halogens is 1. The molecule has 1 aromatic heterocycles. The predicted molar refractivity (Wildman–Crippen MR) is 133 cm³/mol. The van der Waals surface area contributed by atoms with Gasteiger partial charge >= 0.3 is 6.09 Å². The number of carbonyl (C=O) groups excluding carboxylic acids is 2. The average Bonchev–Trinajstić information content (AvgIpc) is 3.53. The Morgan fingerprint density at radius 1 is 1.14 bits per heavy atom. The Morgan fingerprint density at radius 2 is 1.86 bits per heavy atom.